The zero-order valence-electron chi connectivity index (χ0n) is 20.9. The molecule has 4 rings (SSSR count). The smallest absolute Gasteiger partial charge is 0.130 e. The van der Waals surface area contributed by atoms with Crippen molar-refractivity contribution in [2.45, 2.75) is 56.5 Å². The van der Waals surface area contributed by atoms with Gasteiger partial charge >= 0.3 is 0 Å². The number of fused-ring (bicyclic) bond motifs is 1. The minimum atomic E-state index is -0.874. The van der Waals surface area contributed by atoms with Gasteiger partial charge in [-0.05, 0) is 73.7 Å². The van der Waals surface area contributed by atoms with Crippen LogP contribution in [0.25, 0.3) is 17.0 Å². The zero-order valence-corrected chi connectivity index (χ0v) is 20.9. The van der Waals surface area contributed by atoms with Crippen LogP contribution in [0.1, 0.15) is 36.8 Å². The van der Waals surface area contributed by atoms with Crippen LogP contribution < -0.4 is 10.1 Å². The normalized spacial score (nSPS) is 20.9. The molecule has 4 atom stereocenters. The van der Waals surface area contributed by atoms with Crippen molar-refractivity contribution in [2.75, 3.05) is 20.3 Å². The number of aliphatic hydroxyl groups excluding tert-OH is 2. The van der Waals surface area contributed by atoms with E-state index in [4.69, 9.17) is 9.47 Å². The molecule has 0 unspecified atom stereocenters. The van der Waals surface area contributed by atoms with Gasteiger partial charge < -0.3 is 25.0 Å². The van der Waals surface area contributed by atoms with E-state index in [2.05, 4.69) is 10.3 Å². The number of rotatable bonds is 11. The fourth-order valence-electron chi connectivity index (χ4n) is 4.86. The van der Waals surface area contributed by atoms with Gasteiger partial charge in [-0.2, -0.15) is 0 Å². The number of pyridine rings is 1. The van der Waals surface area contributed by atoms with Crippen LogP contribution in [0.15, 0.2) is 54.7 Å². The first kappa shape index (κ1) is 27.1. The van der Waals surface area contributed by atoms with Crippen LogP contribution in [0.4, 0.5) is 8.78 Å². The Balaban J connectivity index is 1.36. The number of aromatic nitrogens is 1. The van der Waals surface area contributed by atoms with Gasteiger partial charge in [-0.1, -0.05) is 12.2 Å². The summed E-state index contributed by atoms with van der Waals surface area (Å²) in [4.78, 5) is 4.45. The summed E-state index contributed by atoms with van der Waals surface area (Å²) >= 11 is 0. The Morgan fingerprint density at radius 1 is 1.19 bits per heavy atom. The topological polar surface area (TPSA) is 83.8 Å². The maximum absolute atomic E-state index is 13.8. The number of aryl methyl sites for hydroxylation is 1. The van der Waals surface area contributed by atoms with Crippen molar-refractivity contribution in [3.63, 3.8) is 0 Å². The van der Waals surface area contributed by atoms with Crippen LogP contribution in [0.3, 0.4) is 0 Å². The molecule has 0 saturated carbocycles. The number of nitrogens with one attached hydrogen (secondary N) is 1. The average molecular weight is 513 g/mol. The lowest BCUT2D eigenvalue weighted by Crippen LogP contribution is -2.49. The molecular formula is C29H34F2N2O4. The molecule has 1 aromatic heterocycles. The Morgan fingerprint density at radius 2 is 2.05 bits per heavy atom. The van der Waals surface area contributed by atoms with Gasteiger partial charge in [-0.25, -0.2) is 8.78 Å². The predicted molar refractivity (Wildman–Crippen MR) is 139 cm³/mol. The minimum Gasteiger partial charge on any atom is -0.497 e. The maximum atomic E-state index is 13.8. The molecule has 2 aromatic carbocycles. The van der Waals surface area contributed by atoms with E-state index in [1.54, 1.807) is 19.3 Å². The molecule has 3 N–H and O–H groups in total. The van der Waals surface area contributed by atoms with Gasteiger partial charge in [0.05, 0.1) is 37.5 Å². The van der Waals surface area contributed by atoms with Crippen LogP contribution in [-0.2, 0) is 11.2 Å². The van der Waals surface area contributed by atoms with Crippen molar-refractivity contribution in [3.8, 4) is 5.75 Å². The Labute approximate surface area is 216 Å². The van der Waals surface area contributed by atoms with Crippen LogP contribution in [0.2, 0.25) is 0 Å². The van der Waals surface area contributed by atoms with Gasteiger partial charge in [-0.3, -0.25) is 4.98 Å². The Morgan fingerprint density at radius 3 is 2.86 bits per heavy atom. The molecule has 1 saturated heterocycles. The molecule has 1 aliphatic rings. The van der Waals surface area contributed by atoms with E-state index < -0.39 is 17.7 Å². The third-order valence-corrected chi connectivity index (χ3v) is 6.86. The predicted octanol–water partition coefficient (Wildman–Crippen LogP) is 4.42. The monoisotopic (exact) mass is 512 g/mol. The van der Waals surface area contributed by atoms with E-state index >= 15 is 0 Å². The Bertz CT molecular complexity index is 1210. The molecule has 0 aliphatic carbocycles. The van der Waals surface area contributed by atoms with Crippen molar-refractivity contribution in [3.05, 3.63) is 77.5 Å². The number of aliphatic hydroxyl groups is 2. The first-order valence-corrected chi connectivity index (χ1v) is 12.7. The summed E-state index contributed by atoms with van der Waals surface area (Å²) in [6.45, 7) is 0.103. The molecular weight excluding hydrogens is 478 g/mol. The molecule has 1 aliphatic heterocycles. The molecule has 0 amide bonds. The van der Waals surface area contributed by atoms with Crippen LogP contribution in [0.5, 0.6) is 5.75 Å². The van der Waals surface area contributed by atoms with Crippen LogP contribution >= 0.6 is 0 Å². The summed E-state index contributed by atoms with van der Waals surface area (Å²) in [6, 6.07) is 11.2. The average Bonchev–Trinajstić information content (AvgIpc) is 2.92. The third kappa shape index (κ3) is 7.32. The quantitative estimate of drug-likeness (QED) is 0.353. The standard InChI is InChI=1S/C29H34F2N2O4/c1-36-24-8-10-27-25(17-24)19(12-14-33-27)4-6-23-7-11-28(29(37-23)16-22(35)18-34)32-13-2-3-20-15-21(30)5-9-26(20)31/h2-3,5,8-10,12,14-15,17,22-23,28-29,32,34-35H,4,6-7,11,13,16,18H2,1H3/t22-,23+,28+,29+/m0/s1. The van der Waals surface area contributed by atoms with E-state index in [0.29, 0.717) is 13.0 Å². The van der Waals surface area contributed by atoms with Gasteiger partial charge in [0, 0.05) is 36.2 Å². The van der Waals surface area contributed by atoms with Gasteiger partial charge in [-0.15, -0.1) is 0 Å². The van der Waals surface area contributed by atoms with Gasteiger partial charge in [0.25, 0.3) is 0 Å². The summed E-state index contributed by atoms with van der Waals surface area (Å²) in [5, 5.41) is 23.9. The molecule has 0 bridgehead atoms. The molecule has 8 heteroatoms. The van der Waals surface area contributed by atoms with E-state index in [-0.39, 0.29) is 30.4 Å². The van der Waals surface area contributed by atoms with E-state index in [0.717, 1.165) is 60.5 Å². The molecule has 1 fully saturated rings. The first-order chi connectivity index (χ1) is 18.0. The van der Waals surface area contributed by atoms with Gasteiger partial charge in [0.1, 0.15) is 17.4 Å². The zero-order chi connectivity index (χ0) is 26.2. The molecule has 6 nitrogen and oxygen atoms in total. The van der Waals surface area contributed by atoms with E-state index in [9.17, 15) is 19.0 Å². The second kappa shape index (κ2) is 13.1. The third-order valence-electron chi connectivity index (χ3n) is 6.86. The number of hydrogen-bond acceptors (Lipinski definition) is 6. The number of hydrogen-bond donors (Lipinski definition) is 3. The molecule has 198 valence electrons. The highest BCUT2D eigenvalue weighted by atomic mass is 19.1. The highest BCUT2D eigenvalue weighted by Gasteiger charge is 2.32. The summed E-state index contributed by atoms with van der Waals surface area (Å²) in [5.74, 6) is -0.180. The molecule has 2 heterocycles. The second-order valence-electron chi connectivity index (χ2n) is 9.42. The fraction of sp³-hybridized carbons (Fsp3) is 0.414. The van der Waals surface area contributed by atoms with Crippen molar-refractivity contribution < 1.29 is 28.5 Å². The van der Waals surface area contributed by atoms with Crippen LogP contribution in [0, 0.1) is 11.6 Å². The maximum Gasteiger partial charge on any atom is 0.130 e. The highest BCUT2D eigenvalue weighted by Crippen LogP contribution is 2.28. The largest absolute Gasteiger partial charge is 0.497 e. The Kier molecular flexibility index (Phi) is 9.57. The van der Waals surface area contributed by atoms with Gasteiger partial charge in [0.2, 0.25) is 0 Å². The molecule has 0 spiro atoms. The number of ether oxygens (including phenoxy) is 2. The number of nitrogens with zero attached hydrogens (tertiary/aromatic N) is 1. The number of methoxy groups -OCH3 is 1. The second-order valence-corrected chi connectivity index (χ2v) is 9.42. The highest BCUT2D eigenvalue weighted by molar-refractivity contribution is 5.83. The van der Waals surface area contributed by atoms with Crippen molar-refractivity contribution >= 4 is 17.0 Å². The summed E-state index contributed by atoms with van der Waals surface area (Å²) in [7, 11) is 1.65. The fourth-order valence-corrected chi connectivity index (χ4v) is 4.86. The first-order valence-electron chi connectivity index (χ1n) is 12.7. The summed E-state index contributed by atoms with van der Waals surface area (Å²) < 4.78 is 39.0. The van der Waals surface area contributed by atoms with Crippen molar-refractivity contribution in [1.82, 2.24) is 10.3 Å². The minimum absolute atomic E-state index is 0.0136. The lowest BCUT2D eigenvalue weighted by molar-refractivity contribution is -0.0917. The summed E-state index contributed by atoms with van der Waals surface area (Å²) in [5.41, 5.74) is 2.28. The SMILES string of the molecule is COc1ccc2nccc(CC[C@@H]3CC[C@@H](NCC=Cc4cc(F)ccc4F)[C@@H](C[C@H](O)CO)O3)c2c1. The number of benzene rings is 2. The van der Waals surface area contributed by atoms with E-state index in [1.807, 2.05) is 30.5 Å². The van der Waals surface area contributed by atoms with Crippen LogP contribution in [-0.4, -0.2) is 59.8 Å². The lowest BCUT2D eigenvalue weighted by atomic mass is 9.92. The Hall–Kier alpha value is -2.91. The van der Waals surface area contributed by atoms with Gasteiger partial charge in [0.15, 0.2) is 0 Å². The summed E-state index contributed by atoms with van der Waals surface area (Å²) in [6.07, 6.45) is 7.57. The lowest BCUT2D eigenvalue weighted by Gasteiger charge is -2.38. The van der Waals surface area contributed by atoms with E-state index in [1.165, 1.54) is 5.56 Å². The molecule has 37 heavy (non-hydrogen) atoms. The van der Waals surface area contributed by atoms with Crippen molar-refractivity contribution in [1.29, 1.82) is 0 Å². The van der Waals surface area contributed by atoms with Crippen molar-refractivity contribution in [2.24, 2.45) is 0 Å². The number of halogens is 2. The molecule has 0 radical (unpaired) electrons. The molecule has 3 aromatic rings.